The molecule has 118 valence electrons. The second-order valence-electron chi connectivity index (χ2n) is 6.00. The lowest BCUT2D eigenvalue weighted by atomic mass is 10.0. The highest BCUT2D eigenvalue weighted by atomic mass is 35.5. The Balaban J connectivity index is 1.60. The molecule has 4 rings (SSSR count). The van der Waals surface area contributed by atoms with E-state index in [1.165, 1.54) is 5.56 Å². The number of rotatable bonds is 3. The van der Waals surface area contributed by atoms with E-state index in [4.69, 9.17) is 16.0 Å². The van der Waals surface area contributed by atoms with Crippen molar-refractivity contribution < 1.29 is 4.42 Å². The number of anilines is 1. The van der Waals surface area contributed by atoms with Crippen molar-refractivity contribution in [1.29, 1.82) is 0 Å². The summed E-state index contributed by atoms with van der Waals surface area (Å²) >= 11 is 6.01. The Bertz CT molecular complexity index is 782. The fourth-order valence-corrected chi connectivity index (χ4v) is 3.46. The third-order valence-corrected chi connectivity index (χ3v) is 4.72. The molecule has 3 aromatic rings. The maximum absolute atomic E-state index is 6.01. The van der Waals surface area contributed by atoms with Gasteiger partial charge in [-0.1, -0.05) is 35.9 Å². The first kappa shape index (κ1) is 14.5. The summed E-state index contributed by atoms with van der Waals surface area (Å²) in [7, 11) is 2.15. The number of likely N-dealkylation sites (tertiary alicyclic amines) is 1. The molecule has 2 heterocycles. The van der Waals surface area contributed by atoms with Crippen LogP contribution >= 0.6 is 11.6 Å². The molecular weight excluding hydrogens is 310 g/mol. The molecule has 0 aliphatic carbocycles. The number of hydrogen-bond acceptors (Lipinski definition) is 4. The van der Waals surface area contributed by atoms with E-state index < -0.39 is 0 Å². The number of hydrogen-bond donors (Lipinski definition) is 1. The summed E-state index contributed by atoms with van der Waals surface area (Å²) < 4.78 is 5.81. The highest BCUT2D eigenvalue weighted by molar-refractivity contribution is 6.30. The van der Waals surface area contributed by atoms with Crippen LogP contribution in [0.3, 0.4) is 0 Å². The number of oxazole rings is 1. The summed E-state index contributed by atoms with van der Waals surface area (Å²) in [6.07, 6.45) is 1.04. The van der Waals surface area contributed by atoms with E-state index in [9.17, 15) is 0 Å². The van der Waals surface area contributed by atoms with Crippen LogP contribution in [0.1, 0.15) is 18.0 Å². The molecule has 5 heteroatoms. The Morgan fingerprint density at radius 3 is 2.74 bits per heavy atom. The molecule has 2 atom stereocenters. The van der Waals surface area contributed by atoms with E-state index in [0.717, 1.165) is 29.1 Å². The molecule has 0 amide bonds. The predicted molar refractivity (Wildman–Crippen MR) is 92.9 cm³/mol. The van der Waals surface area contributed by atoms with Crippen molar-refractivity contribution in [3.63, 3.8) is 0 Å². The van der Waals surface area contributed by atoms with Crippen molar-refractivity contribution in [1.82, 2.24) is 9.88 Å². The van der Waals surface area contributed by atoms with Gasteiger partial charge in [-0.2, -0.15) is 4.98 Å². The lowest BCUT2D eigenvalue weighted by molar-refractivity contribution is 0.308. The van der Waals surface area contributed by atoms with Crippen molar-refractivity contribution in [2.24, 2.45) is 0 Å². The van der Waals surface area contributed by atoms with Crippen LogP contribution in [0.25, 0.3) is 11.1 Å². The van der Waals surface area contributed by atoms with Crippen LogP contribution in [-0.2, 0) is 0 Å². The number of fused-ring (bicyclic) bond motifs is 1. The minimum Gasteiger partial charge on any atom is -0.424 e. The van der Waals surface area contributed by atoms with Gasteiger partial charge in [0.15, 0.2) is 5.58 Å². The third-order valence-electron chi connectivity index (χ3n) is 4.46. The minimum absolute atomic E-state index is 0.259. The van der Waals surface area contributed by atoms with E-state index in [1.54, 1.807) is 0 Å². The SMILES string of the molecule is CN1CCC(Nc2nc3ccccc3o2)C1c1ccc(Cl)cc1. The third kappa shape index (κ3) is 2.80. The Labute approximate surface area is 140 Å². The number of benzene rings is 2. The Morgan fingerprint density at radius 2 is 1.96 bits per heavy atom. The second-order valence-corrected chi connectivity index (χ2v) is 6.44. The van der Waals surface area contributed by atoms with Gasteiger partial charge in [0.1, 0.15) is 5.52 Å². The van der Waals surface area contributed by atoms with Crippen LogP contribution in [0.15, 0.2) is 52.9 Å². The lowest BCUT2D eigenvalue weighted by Crippen LogP contribution is -2.29. The first-order chi connectivity index (χ1) is 11.2. The van der Waals surface area contributed by atoms with E-state index >= 15 is 0 Å². The molecule has 1 N–H and O–H groups in total. The quantitative estimate of drug-likeness (QED) is 0.777. The lowest BCUT2D eigenvalue weighted by Gasteiger charge is -2.25. The number of aromatic nitrogens is 1. The largest absolute Gasteiger partial charge is 0.424 e. The molecular formula is C18H18ClN3O. The summed E-state index contributed by atoms with van der Waals surface area (Å²) in [5, 5.41) is 4.23. The molecule has 2 unspecified atom stereocenters. The number of likely N-dealkylation sites (N-methyl/N-ethyl adjacent to an activating group) is 1. The van der Waals surface area contributed by atoms with Crippen molar-refractivity contribution >= 4 is 28.7 Å². The predicted octanol–water partition coefficient (Wildman–Crippen LogP) is 4.34. The summed E-state index contributed by atoms with van der Waals surface area (Å²) in [4.78, 5) is 6.88. The van der Waals surface area contributed by atoms with Crippen LogP contribution in [0, 0.1) is 0 Å². The molecule has 0 spiro atoms. The Kier molecular flexibility index (Phi) is 3.71. The summed E-state index contributed by atoms with van der Waals surface area (Å²) in [5.41, 5.74) is 2.94. The van der Waals surface area contributed by atoms with Crippen molar-refractivity contribution in [2.45, 2.75) is 18.5 Å². The molecule has 1 fully saturated rings. The maximum atomic E-state index is 6.01. The maximum Gasteiger partial charge on any atom is 0.295 e. The molecule has 2 aromatic carbocycles. The molecule has 0 saturated carbocycles. The van der Waals surface area contributed by atoms with E-state index in [0.29, 0.717) is 6.01 Å². The molecule has 1 aromatic heterocycles. The second kappa shape index (κ2) is 5.87. The zero-order valence-electron chi connectivity index (χ0n) is 12.9. The van der Waals surface area contributed by atoms with Gasteiger partial charge in [-0.15, -0.1) is 0 Å². The molecule has 1 aliphatic rings. The van der Waals surface area contributed by atoms with Gasteiger partial charge in [0, 0.05) is 11.6 Å². The molecule has 0 bridgehead atoms. The van der Waals surface area contributed by atoms with Gasteiger partial charge >= 0.3 is 0 Å². The van der Waals surface area contributed by atoms with Crippen LogP contribution < -0.4 is 5.32 Å². The van der Waals surface area contributed by atoms with Gasteiger partial charge in [0.05, 0.1) is 12.1 Å². The topological polar surface area (TPSA) is 41.3 Å². The standard InChI is InChI=1S/C18H18ClN3O/c1-22-11-10-15(17(22)12-6-8-13(19)9-7-12)21-18-20-14-4-2-3-5-16(14)23-18/h2-9,15,17H,10-11H2,1H3,(H,20,21). The van der Waals surface area contributed by atoms with Crippen molar-refractivity contribution in [2.75, 3.05) is 18.9 Å². The van der Waals surface area contributed by atoms with Gasteiger partial charge in [-0.05, 0) is 43.3 Å². The monoisotopic (exact) mass is 327 g/mol. The first-order valence-electron chi connectivity index (χ1n) is 7.78. The van der Waals surface area contributed by atoms with E-state index in [-0.39, 0.29) is 12.1 Å². The summed E-state index contributed by atoms with van der Waals surface area (Å²) in [6, 6.07) is 17.0. The zero-order valence-corrected chi connectivity index (χ0v) is 13.6. The van der Waals surface area contributed by atoms with E-state index in [1.807, 2.05) is 36.4 Å². The van der Waals surface area contributed by atoms with Crippen LogP contribution in [-0.4, -0.2) is 29.5 Å². The van der Waals surface area contributed by atoms with Gasteiger partial charge in [-0.25, -0.2) is 0 Å². The molecule has 1 aliphatic heterocycles. The number of halogens is 1. The van der Waals surface area contributed by atoms with Crippen molar-refractivity contribution in [3.8, 4) is 0 Å². The average Bonchev–Trinajstić information content (AvgIpc) is 3.12. The highest BCUT2D eigenvalue weighted by Crippen LogP contribution is 2.34. The number of nitrogens with zero attached hydrogens (tertiary/aromatic N) is 2. The first-order valence-corrected chi connectivity index (χ1v) is 8.16. The number of para-hydroxylation sites is 2. The Hall–Kier alpha value is -2.04. The van der Waals surface area contributed by atoms with Crippen LogP contribution in [0.5, 0.6) is 0 Å². The molecule has 23 heavy (non-hydrogen) atoms. The minimum atomic E-state index is 0.259. The van der Waals surface area contributed by atoms with Crippen LogP contribution in [0.2, 0.25) is 5.02 Å². The molecule has 1 saturated heterocycles. The van der Waals surface area contributed by atoms with Gasteiger partial charge < -0.3 is 9.73 Å². The molecule has 0 radical (unpaired) electrons. The summed E-state index contributed by atoms with van der Waals surface area (Å²) in [5.74, 6) is 0. The fourth-order valence-electron chi connectivity index (χ4n) is 3.34. The van der Waals surface area contributed by atoms with E-state index in [2.05, 4.69) is 34.4 Å². The summed E-state index contributed by atoms with van der Waals surface area (Å²) in [6.45, 7) is 1.03. The van der Waals surface area contributed by atoms with Crippen LogP contribution in [0.4, 0.5) is 6.01 Å². The van der Waals surface area contributed by atoms with Gasteiger partial charge in [0.25, 0.3) is 6.01 Å². The zero-order chi connectivity index (χ0) is 15.8. The fraction of sp³-hybridized carbons (Fsp3) is 0.278. The Morgan fingerprint density at radius 1 is 1.17 bits per heavy atom. The van der Waals surface area contributed by atoms with Gasteiger partial charge in [-0.3, -0.25) is 4.90 Å². The highest BCUT2D eigenvalue weighted by Gasteiger charge is 2.33. The average molecular weight is 328 g/mol. The van der Waals surface area contributed by atoms with Gasteiger partial charge in [0.2, 0.25) is 0 Å². The number of nitrogens with one attached hydrogen (secondary N) is 1. The van der Waals surface area contributed by atoms with Crippen molar-refractivity contribution in [3.05, 3.63) is 59.1 Å². The normalized spacial score (nSPS) is 21.8. The molecule has 4 nitrogen and oxygen atoms in total. The smallest absolute Gasteiger partial charge is 0.295 e.